The predicted octanol–water partition coefficient (Wildman–Crippen LogP) is 1.66. The van der Waals surface area contributed by atoms with Crippen LogP contribution in [-0.4, -0.2) is 42.6 Å². The van der Waals surface area contributed by atoms with Crippen molar-refractivity contribution in [2.24, 2.45) is 0 Å². The van der Waals surface area contributed by atoms with E-state index in [9.17, 15) is 4.79 Å². The Balaban J connectivity index is 2.19. The van der Waals surface area contributed by atoms with Gasteiger partial charge in [-0.05, 0) is 19.8 Å². The number of rotatable bonds is 6. The second kappa shape index (κ2) is 6.28. The fraction of sp³-hybridized carbons (Fsp3) is 0.667. The van der Waals surface area contributed by atoms with Crippen molar-refractivity contribution in [1.82, 2.24) is 15.3 Å². The van der Waals surface area contributed by atoms with Crippen LogP contribution in [0.1, 0.15) is 44.0 Å². The van der Waals surface area contributed by atoms with Crippen molar-refractivity contribution >= 4 is 17.5 Å². The molecule has 1 aliphatic carbocycles. The highest BCUT2D eigenvalue weighted by Crippen LogP contribution is 2.25. The largest absolute Gasteiger partial charge is 0.373 e. The normalized spacial score (nSPS) is 14.2. The summed E-state index contributed by atoms with van der Waals surface area (Å²) in [5, 5.41) is 6.10. The van der Waals surface area contributed by atoms with Crippen LogP contribution in [0.3, 0.4) is 0 Å². The maximum Gasteiger partial charge on any atom is 0.239 e. The molecule has 1 amide bonds. The molecule has 0 aliphatic heterocycles. The van der Waals surface area contributed by atoms with Gasteiger partial charge >= 0.3 is 0 Å². The molecule has 0 spiro atoms. The van der Waals surface area contributed by atoms with Gasteiger partial charge in [-0.25, -0.2) is 9.97 Å². The third-order valence-electron chi connectivity index (χ3n) is 3.58. The van der Waals surface area contributed by atoms with Gasteiger partial charge in [-0.2, -0.15) is 0 Å². The summed E-state index contributed by atoms with van der Waals surface area (Å²) in [5.74, 6) is 2.71. The lowest BCUT2D eigenvalue weighted by atomic mass is 10.2. The zero-order valence-electron chi connectivity index (χ0n) is 13.5. The Morgan fingerprint density at radius 3 is 2.57 bits per heavy atom. The first-order chi connectivity index (χ1) is 9.92. The minimum Gasteiger partial charge on any atom is -0.373 e. The van der Waals surface area contributed by atoms with Crippen LogP contribution in [0, 0.1) is 6.92 Å². The number of nitrogens with one attached hydrogen (secondary N) is 2. The monoisotopic (exact) mass is 291 g/mol. The zero-order valence-corrected chi connectivity index (χ0v) is 13.5. The Morgan fingerprint density at radius 1 is 1.38 bits per heavy atom. The molecule has 2 rings (SSSR count). The van der Waals surface area contributed by atoms with Crippen molar-refractivity contribution in [2.45, 2.75) is 45.6 Å². The van der Waals surface area contributed by atoms with E-state index in [2.05, 4.69) is 34.4 Å². The third-order valence-corrected chi connectivity index (χ3v) is 3.58. The van der Waals surface area contributed by atoms with Crippen molar-refractivity contribution in [3.63, 3.8) is 0 Å². The van der Waals surface area contributed by atoms with Crippen molar-refractivity contribution in [3.8, 4) is 0 Å². The highest BCUT2D eigenvalue weighted by molar-refractivity contribution is 5.82. The van der Waals surface area contributed by atoms with Crippen LogP contribution in [0.4, 0.5) is 11.6 Å². The van der Waals surface area contributed by atoms with Crippen molar-refractivity contribution in [2.75, 3.05) is 30.9 Å². The summed E-state index contributed by atoms with van der Waals surface area (Å²) in [6.45, 7) is 6.41. The number of anilines is 2. The van der Waals surface area contributed by atoms with E-state index in [4.69, 9.17) is 0 Å². The first-order valence-electron chi connectivity index (χ1n) is 7.49. The molecule has 6 heteroatoms. The Labute approximate surface area is 126 Å². The van der Waals surface area contributed by atoms with E-state index in [1.165, 1.54) is 0 Å². The van der Waals surface area contributed by atoms with Crippen LogP contribution in [0.2, 0.25) is 0 Å². The molecule has 6 nitrogen and oxygen atoms in total. The minimum absolute atomic E-state index is 0.0510. The number of carbonyl (C=O) groups is 1. The van der Waals surface area contributed by atoms with E-state index in [0.29, 0.717) is 12.6 Å². The highest BCUT2D eigenvalue weighted by atomic mass is 16.2. The quantitative estimate of drug-likeness (QED) is 0.834. The summed E-state index contributed by atoms with van der Waals surface area (Å²) >= 11 is 0. The molecule has 0 aromatic carbocycles. The molecule has 1 fully saturated rings. The summed E-state index contributed by atoms with van der Waals surface area (Å²) in [5.41, 5.74) is 0.962. The van der Waals surface area contributed by atoms with Gasteiger partial charge in [0.25, 0.3) is 0 Å². The van der Waals surface area contributed by atoms with Crippen LogP contribution >= 0.6 is 0 Å². The summed E-state index contributed by atoms with van der Waals surface area (Å²) in [4.78, 5) is 23.0. The number of aromatic nitrogens is 2. The number of hydrogen-bond donors (Lipinski definition) is 2. The highest BCUT2D eigenvalue weighted by Gasteiger charge is 2.24. The van der Waals surface area contributed by atoms with Crippen LogP contribution in [0.15, 0.2) is 0 Å². The topological polar surface area (TPSA) is 70.2 Å². The maximum absolute atomic E-state index is 11.9. The van der Waals surface area contributed by atoms with E-state index >= 15 is 0 Å². The van der Waals surface area contributed by atoms with Gasteiger partial charge in [-0.15, -0.1) is 0 Å². The molecule has 2 N–H and O–H groups in total. The van der Waals surface area contributed by atoms with Gasteiger partial charge in [0, 0.05) is 31.6 Å². The lowest BCUT2D eigenvalue weighted by Gasteiger charge is -2.22. The molecule has 1 heterocycles. The second-order valence-electron chi connectivity index (χ2n) is 5.98. The standard InChI is InChI=1S/C15H25N5O/c1-9(2)13-18-14(16-4)10(3)15(19-13)20(5)8-12(21)17-11-6-7-11/h9,11H,6-8H2,1-5H3,(H,17,21)(H,16,18,19). The Kier molecular flexibility index (Phi) is 4.65. The molecule has 116 valence electrons. The molecule has 1 aromatic rings. The predicted molar refractivity (Wildman–Crippen MR) is 84.8 cm³/mol. The van der Waals surface area contributed by atoms with Crippen LogP contribution in [0.25, 0.3) is 0 Å². The van der Waals surface area contributed by atoms with Crippen LogP contribution < -0.4 is 15.5 Å². The smallest absolute Gasteiger partial charge is 0.239 e. The number of hydrogen-bond acceptors (Lipinski definition) is 5. The fourth-order valence-electron chi connectivity index (χ4n) is 2.19. The molecule has 0 radical (unpaired) electrons. The first-order valence-corrected chi connectivity index (χ1v) is 7.49. The summed E-state index contributed by atoms with van der Waals surface area (Å²) in [6, 6.07) is 0.386. The van der Waals surface area contributed by atoms with E-state index in [-0.39, 0.29) is 11.8 Å². The average Bonchev–Trinajstić information content (AvgIpc) is 3.22. The Hall–Kier alpha value is -1.85. The molecule has 21 heavy (non-hydrogen) atoms. The third kappa shape index (κ3) is 3.83. The second-order valence-corrected chi connectivity index (χ2v) is 5.98. The van der Waals surface area contributed by atoms with Gasteiger partial charge in [-0.3, -0.25) is 4.79 Å². The molecular weight excluding hydrogens is 266 g/mol. The zero-order chi connectivity index (χ0) is 15.6. The Bertz CT molecular complexity index is 525. The van der Waals surface area contributed by atoms with Gasteiger partial charge in [0.05, 0.1) is 6.54 Å². The van der Waals surface area contributed by atoms with Gasteiger partial charge in [0.1, 0.15) is 17.5 Å². The molecular formula is C15H25N5O. The molecule has 1 aliphatic rings. The van der Waals surface area contributed by atoms with Gasteiger partial charge in [0.2, 0.25) is 5.91 Å². The van der Waals surface area contributed by atoms with Crippen LogP contribution in [-0.2, 0) is 4.79 Å². The Morgan fingerprint density at radius 2 is 2.05 bits per heavy atom. The summed E-state index contributed by atoms with van der Waals surface area (Å²) in [6.07, 6.45) is 2.20. The number of likely N-dealkylation sites (N-methyl/N-ethyl adjacent to an activating group) is 1. The SMILES string of the molecule is CNc1nc(C(C)C)nc(N(C)CC(=O)NC2CC2)c1C. The van der Waals surface area contributed by atoms with Crippen molar-refractivity contribution < 1.29 is 4.79 Å². The van der Waals surface area contributed by atoms with E-state index < -0.39 is 0 Å². The fourth-order valence-corrected chi connectivity index (χ4v) is 2.19. The van der Waals surface area contributed by atoms with E-state index in [1.54, 1.807) is 0 Å². The minimum atomic E-state index is 0.0510. The van der Waals surface area contributed by atoms with Gasteiger partial charge in [-0.1, -0.05) is 13.8 Å². The van der Waals surface area contributed by atoms with E-state index in [1.807, 2.05) is 25.9 Å². The molecule has 1 saturated carbocycles. The first kappa shape index (κ1) is 15.5. The number of nitrogens with zero attached hydrogens (tertiary/aromatic N) is 3. The van der Waals surface area contributed by atoms with E-state index in [0.717, 1.165) is 35.9 Å². The molecule has 1 aromatic heterocycles. The molecule has 0 atom stereocenters. The lowest BCUT2D eigenvalue weighted by molar-refractivity contribution is -0.119. The van der Waals surface area contributed by atoms with Gasteiger partial charge < -0.3 is 15.5 Å². The lowest BCUT2D eigenvalue weighted by Crippen LogP contribution is -2.37. The van der Waals surface area contributed by atoms with Gasteiger partial charge in [0.15, 0.2) is 0 Å². The average molecular weight is 291 g/mol. The molecule has 0 saturated heterocycles. The maximum atomic E-state index is 11.9. The van der Waals surface area contributed by atoms with Crippen molar-refractivity contribution in [1.29, 1.82) is 0 Å². The summed E-state index contributed by atoms with van der Waals surface area (Å²) < 4.78 is 0. The molecule has 0 bridgehead atoms. The number of carbonyl (C=O) groups excluding carboxylic acids is 1. The molecule has 0 unspecified atom stereocenters. The number of amides is 1. The van der Waals surface area contributed by atoms with Crippen LogP contribution in [0.5, 0.6) is 0 Å². The summed E-state index contributed by atoms with van der Waals surface area (Å²) in [7, 11) is 3.74. The van der Waals surface area contributed by atoms with Crippen molar-refractivity contribution in [3.05, 3.63) is 11.4 Å².